The molecule has 0 aromatic heterocycles. The normalized spacial score (nSPS) is 14.9. The lowest BCUT2D eigenvalue weighted by Crippen LogP contribution is -2.63. The van der Waals surface area contributed by atoms with Gasteiger partial charge in [0.1, 0.15) is 0 Å². The third-order valence-corrected chi connectivity index (χ3v) is 17.9. The number of anilines is 5. The third-order valence-electron chi connectivity index (χ3n) is 15.4. The summed E-state index contributed by atoms with van der Waals surface area (Å²) >= 11 is 3.82. The van der Waals surface area contributed by atoms with E-state index >= 15 is 0 Å². The monoisotopic (exact) mass is 902 g/mol. The van der Waals surface area contributed by atoms with Crippen molar-refractivity contribution in [3.8, 4) is 33.4 Å². The maximum Gasteiger partial charge on any atom is 0.333 e. The van der Waals surface area contributed by atoms with Gasteiger partial charge in [-0.05, 0) is 126 Å². The average Bonchev–Trinajstić information content (AvgIpc) is 3.67. The predicted octanol–water partition coefficient (Wildman–Crippen LogP) is 15.8. The Hall–Kier alpha value is -7.18. The van der Waals surface area contributed by atoms with Gasteiger partial charge in [-0.25, -0.2) is 0 Å². The molecule has 15 rings (SSSR count). The summed E-state index contributed by atoms with van der Waals surface area (Å²) < 4.78 is 0. The fourth-order valence-corrected chi connectivity index (χ4v) is 14.9. The highest BCUT2D eigenvalue weighted by Gasteiger charge is 2.56. The van der Waals surface area contributed by atoms with Crippen LogP contribution in [-0.2, 0) is 10.8 Å². The van der Waals surface area contributed by atoms with Crippen LogP contribution in [0, 0.1) is 0 Å². The number of hydrogen-bond donors (Lipinski definition) is 0. The molecule has 1 aliphatic carbocycles. The van der Waals surface area contributed by atoms with E-state index in [1.165, 1.54) is 131 Å². The van der Waals surface area contributed by atoms with Gasteiger partial charge in [0, 0.05) is 53.5 Å². The van der Waals surface area contributed by atoms with Gasteiger partial charge in [-0.3, -0.25) is 0 Å². The molecule has 0 saturated heterocycles. The van der Waals surface area contributed by atoms with E-state index in [0.29, 0.717) is 0 Å². The minimum absolute atomic E-state index is 0.0316. The third kappa shape index (κ3) is 5.08. The highest BCUT2D eigenvalue weighted by atomic mass is 32.2. The number of hydrogen-bond acceptors (Lipinski definition) is 4. The first-order valence-corrected chi connectivity index (χ1v) is 25.4. The number of benzene rings is 10. The molecule has 0 radical (unpaired) electrons. The van der Waals surface area contributed by atoms with E-state index in [1.807, 2.05) is 23.5 Å². The summed E-state index contributed by atoms with van der Waals surface area (Å²) in [5.41, 5.74) is 22.8. The molecule has 5 heteroatoms. The molecule has 10 aromatic rings. The minimum atomic E-state index is -0.508. The Morgan fingerprint density at radius 1 is 0.441 bits per heavy atom. The molecule has 0 fully saturated rings. The second-order valence-electron chi connectivity index (χ2n) is 19.9. The molecule has 68 heavy (non-hydrogen) atoms. The molecule has 0 amide bonds. The highest BCUT2D eigenvalue weighted by Crippen LogP contribution is 2.65. The van der Waals surface area contributed by atoms with Gasteiger partial charge in [0.05, 0.1) is 11.1 Å². The van der Waals surface area contributed by atoms with Crippen LogP contribution in [0.5, 0.6) is 0 Å². The van der Waals surface area contributed by atoms with E-state index in [4.69, 9.17) is 0 Å². The summed E-state index contributed by atoms with van der Waals surface area (Å²) in [5.74, 6) is 0. The zero-order chi connectivity index (χ0) is 45.0. The molecule has 5 aliphatic rings. The zero-order valence-corrected chi connectivity index (χ0v) is 39.6. The number of rotatable bonds is 2. The standard InChI is InChI=1S/C63H43BN2S2/c1-62(2,3)40-32-33-51(45(35-40)38-18-5-4-6-19-38)65-53-37-58-57(67-55-30-15-16-31-56(55)68-58)36-50(53)64-60-54(65)34-39-20-7-8-21-41(39)59(60)44-24-17-28-49-61(44)66(64)52-29-14-13-27-48(52)63(49)46-25-11-9-22-42(46)43-23-10-12-26-47(43)63/h4-37H,1-3H3. The Morgan fingerprint density at radius 2 is 1.06 bits per heavy atom. The SMILES string of the molecule is CC(C)(C)c1ccc(N2c3cc4c(cc3B3c5c2cc2ccccc2c5-c2cccc5c2N3c2ccccc2C52c3ccccc3-c3ccccc32)Sc2ccccc2S4)c(-c2ccccc2)c1. The molecule has 4 aliphatic heterocycles. The molecule has 0 atom stereocenters. The van der Waals surface area contributed by atoms with Crippen LogP contribution in [-0.4, -0.2) is 6.85 Å². The van der Waals surface area contributed by atoms with Crippen molar-refractivity contribution in [3.63, 3.8) is 0 Å². The van der Waals surface area contributed by atoms with Gasteiger partial charge < -0.3 is 9.71 Å². The van der Waals surface area contributed by atoms with Crippen molar-refractivity contribution in [2.75, 3.05) is 9.71 Å². The van der Waals surface area contributed by atoms with Crippen molar-refractivity contribution >= 4 is 80.5 Å². The number of para-hydroxylation sites is 2. The van der Waals surface area contributed by atoms with E-state index in [-0.39, 0.29) is 12.3 Å². The molecular weight excluding hydrogens is 860 g/mol. The van der Waals surface area contributed by atoms with Gasteiger partial charge in [0.2, 0.25) is 0 Å². The lowest BCUT2D eigenvalue weighted by Gasteiger charge is -2.52. The molecule has 0 saturated carbocycles. The van der Waals surface area contributed by atoms with Crippen LogP contribution in [0.1, 0.15) is 48.6 Å². The van der Waals surface area contributed by atoms with Crippen molar-refractivity contribution in [2.24, 2.45) is 0 Å². The Balaban J connectivity index is 1.10. The Kier molecular flexibility index (Phi) is 7.98. The van der Waals surface area contributed by atoms with Gasteiger partial charge in [-0.2, -0.15) is 0 Å². The van der Waals surface area contributed by atoms with Crippen LogP contribution < -0.4 is 20.6 Å². The second kappa shape index (κ2) is 13.9. The Labute approximate surface area is 406 Å². The van der Waals surface area contributed by atoms with E-state index in [0.717, 1.165) is 0 Å². The second-order valence-corrected chi connectivity index (χ2v) is 22.1. The summed E-state index contributed by atoms with van der Waals surface area (Å²) in [7, 11) is 0. The van der Waals surface area contributed by atoms with E-state index in [2.05, 4.69) is 237 Å². The summed E-state index contributed by atoms with van der Waals surface area (Å²) in [5, 5.41) is 2.53. The van der Waals surface area contributed by atoms with Crippen LogP contribution in [0.15, 0.2) is 226 Å². The first-order valence-electron chi connectivity index (χ1n) is 23.8. The predicted molar refractivity (Wildman–Crippen MR) is 287 cm³/mol. The maximum absolute atomic E-state index is 2.77. The van der Waals surface area contributed by atoms with Gasteiger partial charge in [0.15, 0.2) is 0 Å². The summed E-state index contributed by atoms with van der Waals surface area (Å²) in [6.07, 6.45) is 0. The molecule has 2 nitrogen and oxygen atoms in total. The summed E-state index contributed by atoms with van der Waals surface area (Å²) in [4.78, 5) is 10.6. The lowest BCUT2D eigenvalue weighted by atomic mass is 9.42. The minimum Gasteiger partial charge on any atom is -0.376 e. The van der Waals surface area contributed by atoms with E-state index < -0.39 is 5.41 Å². The largest absolute Gasteiger partial charge is 0.376 e. The molecule has 4 heterocycles. The van der Waals surface area contributed by atoms with Crippen LogP contribution >= 0.6 is 23.5 Å². The molecule has 1 spiro atoms. The molecule has 0 bridgehead atoms. The fourth-order valence-electron chi connectivity index (χ4n) is 12.6. The first-order chi connectivity index (χ1) is 33.4. The number of fused-ring (bicyclic) bond motifs is 17. The van der Waals surface area contributed by atoms with Gasteiger partial charge in [-0.15, -0.1) is 0 Å². The molecule has 0 unspecified atom stereocenters. The summed E-state index contributed by atoms with van der Waals surface area (Å²) in [6, 6.07) is 78.9. The molecule has 0 N–H and O–H groups in total. The van der Waals surface area contributed by atoms with Crippen molar-refractivity contribution in [2.45, 2.75) is 51.2 Å². The average molecular weight is 903 g/mol. The van der Waals surface area contributed by atoms with E-state index in [1.54, 1.807) is 0 Å². The topological polar surface area (TPSA) is 6.48 Å². The maximum atomic E-state index is 2.77. The van der Waals surface area contributed by atoms with E-state index in [9.17, 15) is 0 Å². The first kappa shape index (κ1) is 38.9. The van der Waals surface area contributed by atoms with Crippen LogP contribution in [0.2, 0.25) is 0 Å². The van der Waals surface area contributed by atoms with Crippen LogP contribution in [0.4, 0.5) is 28.4 Å². The molecule has 320 valence electrons. The van der Waals surface area contributed by atoms with Crippen molar-refractivity contribution < 1.29 is 0 Å². The van der Waals surface area contributed by atoms with Gasteiger partial charge in [0.25, 0.3) is 0 Å². The molecular formula is C63H43BN2S2. The quantitative estimate of drug-likeness (QED) is 0.159. The summed E-state index contributed by atoms with van der Waals surface area (Å²) in [6.45, 7) is 6.85. The fraction of sp³-hybridized carbons (Fsp3) is 0.0794. The van der Waals surface area contributed by atoms with Crippen LogP contribution in [0.25, 0.3) is 44.2 Å². The Bertz CT molecular complexity index is 3790. The smallest absolute Gasteiger partial charge is 0.333 e. The van der Waals surface area contributed by atoms with Gasteiger partial charge >= 0.3 is 6.85 Å². The van der Waals surface area contributed by atoms with Crippen molar-refractivity contribution in [3.05, 3.63) is 234 Å². The Morgan fingerprint density at radius 3 is 1.81 bits per heavy atom. The van der Waals surface area contributed by atoms with Crippen molar-refractivity contribution in [1.82, 2.24) is 0 Å². The number of nitrogens with zero attached hydrogens (tertiary/aromatic N) is 2. The van der Waals surface area contributed by atoms with Crippen molar-refractivity contribution in [1.29, 1.82) is 0 Å². The lowest BCUT2D eigenvalue weighted by molar-refractivity contribution is 0.590. The molecule has 10 aromatic carbocycles. The highest BCUT2D eigenvalue weighted by molar-refractivity contribution is 8.05. The van der Waals surface area contributed by atoms with Crippen LogP contribution in [0.3, 0.4) is 0 Å². The zero-order valence-electron chi connectivity index (χ0n) is 37.9. The van der Waals surface area contributed by atoms with Gasteiger partial charge in [-0.1, -0.05) is 202 Å².